The summed E-state index contributed by atoms with van der Waals surface area (Å²) in [6.45, 7) is 7.49. The predicted octanol–water partition coefficient (Wildman–Crippen LogP) is 3.69. The van der Waals surface area contributed by atoms with E-state index in [9.17, 15) is 5.11 Å². The van der Waals surface area contributed by atoms with Gasteiger partial charge in [0.1, 0.15) is 0 Å². The molecule has 0 amide bonds. The van der Waals surface area contributed by atoms with Gasteiger partial charge in [0.2, 0.25) is 0 Å². The minimum Gasteiger partial charge on any atom is -0.388 e. The number of rotatable bonds is 5. The van der Waals surface area contributed by atoms with E-state index in [2.05, 4.69) is 37.9 Å². The lowest BCUT2D eigenvalue weighted by Crippen LogP contribution is -2.11. The van der Waals surface area contributed by atoms with E-state index >= 15 is 0 Å². The molecule has 1 aromatic carbocycles. The molecular weight excluding hydrogens is 248 g/mol. The van der Waals surface area contributed by atoms with Crippen molar-refractivity contribution in [3.05, 3.63) is 54.1 Å². The van der Waals surface area contributed by atoms with Crippen molar-refractivity contribution in [2.24, 2.45) is 0 Å². The first-order valence-electron chi connectivity index (χ1n) is 7.21. The molecule has 3 heteroatoms. The maximum absolute atomic E-state index is 10.2. The summed E-state index contributed by atoms with van der Waals surface area (Å²) in [5, 5.41) is 10.2. The van der Waals surface area contributed by atoms with E-state index in [1.54, 1.807) is 6.20 Å². The van der Waals surface area contributed by atoms with Crippen molar-refractivity contribution in [3.8, 4) is 0 Å². The quantitative estimate of drug-likeness (QED) is 0.901. The first kappa shape index (κ1) is 14.8. The van der Waals surface area contributed by atoms with E-state index in [1.165, 1.54) is 5.56 Å². The van der Waals surface area contributed by atoms with Gasteiger partial charge in [-0.05, 0) is 29.4 Å². The van der Waals surface area contributed by atoms with Crippen LogP contribution in [0.4, 0.5) is 0 Å². The summed E-state index contributed by atoms with van der Waals surface area (Å²) in [6, 6.07) is 8.33. The Bertz CT molecular complexity index is 509. The minimum atomic E-state index is -0.382. The van der Waals surface area contributed by atoms with Crippen LogP contribution in [0.2, 0.25) is 0 Å². The van der Waals surface area contributed by atoms with Crippen molar-refractivity contribution in [2.45, 2.75) is 51.7 Å². The number of aliphatic hydroxyl groups excluding tert-OH is 1. The van der Waals surface area contributed by atoms with Crippen LogP contribution >= 0.6 is 0 Å². The molecule has 0 bridgehead atoms. The van der Waals surface area contributed by atoms with Crippen LogP contribution < -0.4 is 0 Å². The fourth-order valence-corrected chi connectivity index (χ4v) is 2.26. The molecule has 20 heavy (non-hydrogen) atoms. The average molecular weight is 272 g/mol. The van der Waals surface area contributed by atoms with E-state index < -0.39 is 0 Å². The Labute approximate surface area is 121 Å². The molecule has 108 valence electrons. The SMILES string of the molecule is CC(C)(C)c1ccc(C(O)CCCn2ccnc2)cc1. The van der Waals surface area contributed by atoms with Crippen molar-refractivity contribution < 1.29 is 5.11 Å². The maximum atomic E-state index is 10.2. The van der Waals surface area contributed by atoms with Crippen molar-refractivity contribution >= 4 is 0 Å². The third-order valence-electron chi connectivity index (χ3n) is 3.61. The highest BCUT2D eigenvalue weighted by atomic mass is 16.3. The van der Waals surface area contributed by atoms with Crippen LogP contribution in [0.5, 0.6) is 0 Å². The first-order chi connectivity index (χ1) is 9.47. The van der Waals surface area contributed by atoms with Crippen molar-refractivity contribution in [1.29, 1.82) is 0 Å². The van der Waals surface area contributed by atoms with Gasteiger partial charge in [-0.3, -0.25) is 0 Å². The number of imidazole rings is 1. The number of hydrogen-bond acceptors (Lipinski definition) is 2. The van der Waals surface area contributed by atoms with Crippen LogP contribution in [0.3, 0.4) is 0 Å². The summed E-state index contributed by atoms with van der Waals surface area (Å²) in [5.74, 6) is 0. The lowest BCUT2D eigenvalue weighted by atomic mass is 9.86. The van der Waals surface area contributed by atoms with E-state index in [1.807, 2.05) is 29.2 Å². The summed E-state index contributed by atoms with van der Waals surface area (Å²) in [5.41, 5.74) is 2.46. The molecule has 0 aliphatic heterocycles. The predicted molar refractivity (Wildman–Crippen MR) is 81.6 cm³/mol. The molecule has 0 aliphatic carbocycles. The van der Waals surface area contributed by atoms with E-state index in [4.69, 9.17) is 0 Å². The Morgan fingerprint density at radius 2 is 1.90 bits per heavy atom. The van der Waals surface area contributed by atoms with Gasteiger partial charge in [0.15, 0.2) is 0 Å². The van der Waals surface area contributed by atoms with Gasteiger partial charge in [-0.25, -0.2) is 4.98 Å². The third kappa shape index (κ3) is 3.94. The number of benzene rings is 1. The largest absolute Gasteiger partial charge is 0.388 e. The fraction of sp³-hybridized carbons (Fsp3) is 0.471. The Kier molecular flexibility index (Phi) is 4.61. The standard InChI is InChI=1S/C17H24N2O/c1-17(2,3)15-8-6-14(7-9-15)16(20)5-4-11-19-12-10-18-13-19/h6-10,12-13,16,20H,4-5,11H2,1-3H3. The van der Waals surface area contributed by atoms with Gasteiger partial charge < -0.3 is 9.67 Å². The van der Waals surface area contributed by atoms with Crippen LogP contribution in [-0.4, -0.2) is 14.7 Å². The molecule has 1 atom stereocenters. The Hall–Kier alpha value is -1.61. The molecule has 1 aromatic heterocycles. The summed E-state index contributed by atoms with van der Waals surface area (Å²) < 4.78 is 2.04. The molecule has 2 rings (SSSR count). The number of aryl methyl sites for hydroxylation is 1. The number of hydrogen-bond donors (Lipinski definition) is 1. The van der Waals surface area contributed by atoms with E-state index in [-0.39, 0.29) is 11.5 Å². The van der Waals surface area contributed by atoms with Gasteiger partial charge >= 0.3 is 0 Å². The molecule has 0 aliphatic rings. The lowest BCUT2D eigenvalue weighted by molar-refractivity contribution is 0.162. The number of aromatic nitrogens is 2. The highest BCUT2D eigenvalue weighted by molar-refractivity contribution is 5.28. The topological polar surface area (TPSA) is 38.0 Å². The molecule has 1 unspecified atom stereocenters. The zero-order valence-electron chi connectivity index (χ0n) is 12.6. The second-order valence-electron chi connectivity index (χ2n) is 6.33. The van der Waals surface area contributed by atoms with Crippen LogP contribution in [0, 0.1) is 0 Å². The maximum Gasteiger partial charge on any atom is 0.0945 e. The summed E-state index contributed by atoms with van der Waals surface area (Å²) in [4.78, 5) is 4.01. The van der Waals surface area contributed by atoms with Gasteiger partial charge in [0.25, 0.3) is 0 Å². The second kappa shape index (κ2) is 6.23. The van der Waals surface area contributed by atoms with E-state index in [0.29, 0.717) is 0 Å². The zero-order valence-corrected chi connectivity index (χ0v) is 12.6. The van der Waals surface area contributed by atoms with Crippen molar-refractivity contribution in [1.82, 2.24) is 9.55 Å². The number of nitrogens with zero attached hydrogens (tertiary/aromatic N) is 2. The molecule has 3 nitrogen and oxygen atoms in total. The average Bonchev–Trinajstić information content (AvgIpc) is 2.91. The molecule has 1 heterocycles. The molecule has 0 radical (unpaired) electrons. The van der Waals surface area contributed by atoms with Gasteiger partial charge in [0.05, 0.1) is 12.4 Å². The summed E-state index contributed by atoms with van der Waals surface area (Å²) in [6.07, 6.45) is 6.87. The van der Waals surface area contributed by atoms with Crippen LogP contribution in [0.1, 0.15) is 50.8 Å². The molecule has 0 fully saturated rings. The normalized spacial score (nSPS) is 13.4. The van der Waals surface area contributed by atoms with Crippen molar-refractivity contribution in [2.75, 3.05) is 0 Å². The molecule has 1 N–H and O–H groups in total. The van der Waals surface area contributed by atoms with Crippen LogP contribution in [0.25, 0.3) is 0 Å². The first-order valence-corrected chi connectivity index (χ1v) is 7.21. The molecule has 0 spiro atoms. The van der Waals surface area contributed by atoms with Gasteiger partial charge in [0, 0.05) is 18.9 Å². The lowest BCUT2D eigenvalue weighted by Gasteiger charge is -2.20. The fourth-order valence-electron chi connectivity index (χ4n) is 2.26. The van der Waals surface area contributed by atoms with E-state index in [0.717, 1.165) is 24.9 Å². The Morgan fingerprint density at radius 3 is 2.45 bits per heavy atom. The number of aliphatic hydroxyl groups is 1. The monoisotopic (exact) mass is 272 g/mol. The van der Waals surface area contributed by atoms with Crippen LogP contribution in [0.15, 0.2) is 43.0 Å². The molecule has 2 aromatic rings. The molecule has 0 saturated heterocycles. The minimum absolute atomic E-state index is 0.158. The van der Waals surface area contributed by atoms with Gasteiger partial charge in [-0.1, -0.05) is 45.0 Å². The summed E-state index contributed by atoms with van der Waals surface area (Å²) >= 11 is 0. The highest BCUT2D eigenvalue weighted by Gasteiger charge is 2.14. The Balaban J connectivity index is 1.87. The van der Waals surface area contributed by atoms with Gasteiger partial charge in [-0.15, -0.1) is 0 Å². The molecular formula is C17H24N2O. The second-order valence-corrected chi connectivity index (χ2v) is 6.33. The zero-order chi connectivity index (χ0) is 14.6. The van der Waals surface area contributed by atoms with Gasteiger partial charge in [-0.2, -0.15) is 0 Å². The van der Waals surface area contributed by atoms with Crippen molar-refractivity contribution in [3.63, 3.8) is 0 Å². The molecule has 0 saturated carbocycles. The smallest absolute Gasteiger partial charge is 0.0945 e. The Morgan fingerprint density at radius 1 is 1.20 bits per heavy atom. The third-order valence-corrected chi connectivity index (χ3v) is 3.61. The summed E-state index contributed by atoms with van der Waals surface area (Å²) in [7, 11) is 0. The highest BCUT2D eigenvalue weighted by Crippen LogP contribution is 2.25. The van der Waals surface area contributed by atoms with Crippen LogP contribution in [-0.2, 0) is 12.0 Å².